The van der Waals surface area contributed by atoms with Gasteiger partial charge in [0, 0.05) is 23.0 Å². The minimum Gasteiger partial charge on any atom is -0.388 e. The van der Waals surface area contributed by atoms with Crippen molar-refractivity contribution in [2.24, 2.45) is 17.6 Å². The fraction of sp³-hybridized carbons (Fsp3) is 0.333. The number of aliphatic hydroxyl groups is 2. The molecule has 0 unspecified atom stereocenters. The number of ether oxygens (including phenoxy) is 1. The smallest absolute Gasteiger partial charge is 0.248 e. The summed E-state index contributed by atoms with van der Waals surface area (Å²) >= 11 is 0. The van der Waals surface area contributed by atoms with Crippen molar-refractivity contribution < 1.29 is 19.7 Å². The third-order valence-corrected chi connectivity index (χ3v) is 5.75. The number of hydrogen-bond acceptors (Lipinski definition) is 8. The molecule has 3 heterocycles. The van der Waals surface area contributed by atoms with E-state index in [0.717, 1.165) is 6.42 Å². The SMILES string of the molecule is NC(=O)c1cccc(C#C[C@@H]2C[C@H]2[C@H]2O[C@@H](n3cnc4c(N)ncnc43)[C@H](O)[C@@H]2O)c1. The molecule has 2 aliphatic rings. The molecule has 1 aliphatic heterocycles. The van der Waals surface area contributed by atoms with Crippen molar-refractivity contribution in [1.29, 1.82) is 0 Å². The highest BCUT2D eigenvalue weighted by Crippen LogP contribution is 2.48. The van der Waals surface area contributed by atoms with Gasteiger partial charge in [-0.15, -0.1) is 0 Å². The first-order chi connectivity index (χ1) is 14.9. The number of imidazole rings is 1. The van der Waals surface area contributed by atoms with Crippen LogP contribution in [0.4, 0.5) is 5.82 Å². The minimum absolute atomic E-state index is 0.0142. The molecule has 2 aromatic heterocycles. The maximum atomic E-state index is 11.3. The Morgan fingerprint density at radius 2 is 2.06 bits per heavy atom. The number of hydrogen-bond donors (Lipinski definition) is 4. The zero-order valence-electron chi connectivity index (χ0n) is 16.3. The van der Waals surface area contributed by atoms with Crippen LogP contribution >= 0.6 is 0 Å². The molecule has 31 heavy (non-hydrogen) atoms. The summed E-state index contributed by atoms with van der Waals surface area (Å²) in [6, 6.07) is 6.81. The van der Waals surface area contributed by atoms with E-state index in [9.17, 15) is 15.0 Å². The van der Waals surface area contributed by atoms with Crippen molar-refractivity contribution in [1.82, 2.24) is 19.5 Å². The van der Waals surface area contributed by atoms with E-state index in [0.29, 0.717) is 22.3 Å². The lowest BCUT2D eigenvalue weighted by molar-refractivity contribution is -0.0422. The molecule has 158 valence electrons. The Balaban J connectivity index is 1.32. The van der Waals surface area contributed by atoms with E-state index in [1.54, 1.807) is 28.8 Å². The highest BCUT2D eigenvalue weighted by Gasteiger charge is 2.54. The molecule has 1 saturated carbocycles. The van der Waals surface area contributed by atoms with E-state index < -0.39 is 30.4 Å². The van der Waals surface area contributed by atoms with E-state index in [1.807, 2.05) is 0 Å². The summed E-state index contributed by atoms with van der Waals surface area (Å²) in [5.41, 5.74) is 13.0. The molecule has 1 aliphatic carbocycles. The van der Waals surface area contributed by atoms with Crippen molar-refractivity contribution in [2.45, 2.75) is 31.0 Å². The van der Waals surface area contributed by atoms with Crippen LogP contribution in [0.25, 0.3) is 11.2 Å². The number of nitrogen functional groups attached to an aromatic ring is 1. The van der Waals surface area contributed by atoms with E-state index in [-0.39, 0.29) is 17.7 Å². The van der Waals surface area contributed by atoms with Crippen LogP contribution in [0, 0.1) is 23.7 Å². The van der Waals surface area contributed by atoms with Crippen molar-refractivity contribution in [3.8, 4) is 11.8 Å². The number of aliphatic hydroxyl groups excluding tert-OH is 2. The van der Waals surface area contributed by atoms with Gasteiger partial charge < -0.3 is 26.4 Å². The number of rotatable bonds is 3. The Hall–Kier alpha value is -3.52. The number of fused-ring (bicyclic) bond motifs is 1. The molecule has 3 aromatic rings. The van der Waals surface area contributed by atoms with Crippen LogP contribution in [0.2, 0.25) is 0 Å². The fourth-order valence-electron chi connectivity index (χ4n) is 4.00. The van der Waals surface area contributed by atoms with E-state index in [2.05, 4.69) is 26.8 Å². The molecule has 0 spiro atoms. The molecule has 1 saturated heterocycles. The second-order valence-electron chi connectivity index (χ2n) is 7.78. The predicted molar refractivity (Wildman–Crippen MR) is 109 cm³/mol. The first-order valence-electron chi connectivity index (χ1n) is 9.80. The monoisotopic (exact) mass is 420 g/mol. The average Bonchev–Trinajstić information content (AvgIpc) is 3.30. The summed E-state index contributed by atoms with van der Waals surface area (Å²) < 4.78 is 7.58. The van der Waals surface area contributed by atoms with Crippen molar-refractivity contribution in [3.63, 3.8) is 0 Å². The summed E-state index contributed by atoms with van der Waals surface area (Å²) in [7, 11) is 0. The van der Waals surface area contributed by atoms with E-state index in [1.165, 1.54) is 12.7 Å². The molecule has 10 heteroatoms. The molecule has 1 amide bonds. The summed E-state index contributed by atoms with van der Waals surface area (Å²) in [5.74, 6) is 5.92. The van der Waals surface area contributed by atoms with Gasteiger partial charge in [0.25, 0.3) is 0 Å². The Bertz CT molecular complexity index is 1230. The number of benzene rings is 1. The predicted octanol–water partition coefficient (Wildman–Crippen LogP) is -0.186. The number of anilines is 1. The van der Waals surface area contributed by atoms with Gasteiger partial charge in [0.15, 0.2) is 17.7 Å². The number of primary amides is 1. The van der Waals surface area contributed by atoms with Crippen molar-refractivity contribution in [2.75, 3.05) is 5.73 Å². The van der Waals surface area contributed by atoms with Gasteiger partial charge in [-0.05, 0) is 24.6 Å². The van der Waals surface area contributed by atoms with Gasteiger partial charge >= 0.3 is 0 Å². The van der Waals surface area contributed by atoms with Gasteiger partial charge in [0.1, 0.15) is 24.1 Å². The van der Waals surface area contributed by atoms with Crippen LogP contribution in [-0.2, 0) is 4.74 Å². The lowest BCUT2D eigenvalue weighted by atomic mass is 10.0. The zero-order chi connectivity index (χ0) is 21.7. The molecular formula is C21H20N6O4. The topological polar surface area (TPSA) is 162 Å². The lowest BCUT2D eigenvalue weighted by Crippen LogP contribution is -2.32. The maximum absolute atomic E-state index is 11.3. The molecule has 2 fully saturated rings. The number of carbonyl (C=O) groups is 1. The molecule has 10 nitrogen and oxygen atoms in total. The summed E-state index contributed by atoms with van der Waals surface area (Å²) in [5, 5.41) is 21.2. The number of carbonyl (C=O) groups excluding carboxylic acids is 1. The quantitative estimate of drug-likeness (QED) is 0.424. The number of nitrogens with two attached hydrogens (primary N) is 2. The Labute approximate surface area is 176 Å². The highest BCUT2D eigenvalue weighted by atomic mass is 16.6. The zero-order valence-corrected chi connectivity index (χ0v) is 16.3. The second-order valence-corrected chi connectivity index (χ2v) is 7.78. The van der Waals surface area contributed by atoms with Gasteiger partial charge in [-0.25, -0.2) is 15.0 Å². The van der Waals surface area contributed by atoms with Crippen LogP contribution in [0.15, 0.2) is 36.9 Å². The van der Waals surface area contributed by atoms with Crippen LogP contribution in [0.5, 0.6) is 0 Å². The van der Waals surface area contributed by atoms with Crippen molar-refractivity contribution >= 4 is 22.9 Å². The Morgan fingerprint density at radius 3 is 2.87 bits per heavy atom. The molecule has 6 atom stereocenters. The lowest BCUT2D eigenvalue weighted by Gasteiger charge is -2.16. The Morgan fingerprint density at radius 1 is 1.23 bits per heavy atom. The van der Waals surface area contributed by atoms with Gasteiger partial charge in [-0.2, -0.15) is 0 Å². The normalized spacial score (nSPS) is 29.5. The summed E-state index contributed by atoms with van der Waals surface area (Å²) in [4.78, 5) is 23.6. The first kappa shape index (κ1) is 19.4. The Kier molecular flexibility index (Phi) is 4.59. The van der Waals surface area contributed by atoms with E-state index in [4.69, 9.17) is 16.2 Å². The van der Waals surface area contributed by atoms with Gasteiger partial charge in [0.05, 0.1) is 12.4 Å². The fourth-order valence-corrected chi connectivity index (χ4v) is 4.00. The molecule has 0 radical (unpaired) electrons. The first-order valence-corrected chi connectivity index (χ1v) is 9.80. The largest absolute Gasteiger partial charge is 0.388 e. The van der Waals surface area contributed by atoms with Crippen LogP contribution in [-0.4, -0.2) is 54.0 Å². The van der Waals surface area contributed by atoms with Gasteiger partial charge in [-0.1, -0.05) is 17.9 Å². The third-order valence-electron chi connectivity index (χ3n) is 5.75. The summed E-state index contributed by atoms with van der Waals surface area (Å²) in [6.45, 7) is 0. The molecule has 6 N–H and O–H groups in total. The molecule has 0 bridgehead atoms. The molecule has 5 rings (SSSR count). The second kappa shape index (κ2) is 7.31. The standard InChI is InChI=1S/C21H20N6O4/c22-18-14-20(25-8-24-18)27(9-26-14)21-16(29)15(28)17(31-21)13-7-11(13)5-4-10-2-1-3-12(6-10)19(23)30/h1-3,6,8-9,11,13,15-17,21,28-29H,7H2,(H2,23,30)(H2,22,24,25)/t11-,13-,15+,16-,17-,21-/m1/s1. The van der Waals surface area contributed by atoms with Gasteiger partial charge in [-0.3, -0.25) is 9.36 Å². The van der Waals surface area contributed by atoms with Crippen LogP contribution in [0.3, 0.4) is 0 Å². The average molecular weight is 420 g/mol. The minimum atomic E-state index is -1.15. The van der Waals surface area contributed by atoms with Crippen LogP contribution < -0.4 is 11.5 Å². The van der Waals surface area contributed by atoms with Crippen molar-refractivity contribution in [3.05, 3.63) is 48.0 Å². The van der Waals surface area contributed by atoms with E-state index >= 15 is 0 Å². The van der Waals surface area contributed by atoms with Crippen LogP contribution in [0.1, 0.15) is 28.6 Å². The number of nitrogens with zero attached hydrogens (tertiary/aromatic N) is 4. The maximum Gasteiger partial charge on any atom is 0.248 e. The third kappa shape index (κ3) is 3.38. The number of aromatic nitrogens is 4. The molecule has 1 aromatic carbocycles. The highest BCUT2D eigenvalue weighted by molar-refractivity contribution is 5.93. The number of amides is 1. The van der Waals surface area contributed by atoms with Gasteiger partial charge in [0.2, 0.25) is 5.91 Å². The molecular weight excluding hydrogens is 400 g/mol. The summed E-state index contributed by atoms with van der Waals surface area (Å²) in [6.07, 6.45) is -0.131.